The fraction of sp³-hybridized carbons (Fsp3) is 0.421. The van der Waals surface area contributed by atoms with Gasteiger partial charge in [0.1, 0.15) is 11.3 Å². The Morgan fingerprint density at radius 2 is 2.00 bits per heavy atom. The van der Waals surface area contributed by atoms with Crippen molar-refractivity contribution >= 4 is 40.2 Å². The summed E-state index contributed by atoms with van der Waals surface area (Å²) in [5.74, 6) is 1.62. The minimum absolute atomic E-state index is 0.454. The number of benzene rings is 1. The van der Waals surface area contributed by atoms with Gasteiger partial charge < -0.3 is 10.6 Å². The van der Waals surface area contributed by atoms with E-state index in [1.165, 1.54) is 19.3 Å². The molecule has 1 aliphatic heterocycles. The minimum atomic E-state index is 0.454. The Kier molecular flexibility index (Phi) is 4.04. The van der Waals surface area contributed by atoms with E-state index in [1.54, 1.807) is 16.9 Å². The zero-order chi connectivity index (χ0) is 18.6. The molecule has 2 fully saturated rings. The van der Waals surface area contributed by atoms with E-state index >= 15 is 0 Å². The van der Waals surface area contributed by atoms with Gasteiger partial charge in [-0.3, -0.25) is 0 Å². The normalized spacial score (nSPS) is 21.1. The number of halogens is 2. The van der Waals surface area contributed by atoms with Gasteiger partial charge in [-0.25, -0.2) is 14.6 Å². The predicted molar refractivity (Wildman–Crippen MR) is 108 cm³/mol. The molecule has 5 rings (SSSR count). The lowest BCUT2D eigenvalue weighted by molar-refractivity contribution is 0.350. The molecule has 2 aromatic heterocycles. The van der Waals surface area contributed by atoms with Crippen LogP contribution in [0.1, 0.15) is 19.3 Å². The van der Waals surface area contributed by atoms with Gasteiger partial charge in [0.25, 0.3) is 0 Å². The highest BCUT2D eigenvalue weighted by Gasteiger charge is 2.53. The highest BCUT2D eigenvalue weighted by atomic mass is 35.5. The van der Waals surface area contributed by atoms with Crippen LogP contribution < -0.4 is 10.6 Å². The lowest BCUT2D eigenvalue weighted by Gasteiger charge is -2.33. The topological polar surface area (TPSA) is 72.9 Å². The molecule has 1 saturated carbocycles. The summed E-state index contributed by atoms with van der Waals surface area (Å²) in [6.45, 7) is 2.83. The van der Waals surface area contributed by atoms with Crippen LogP contribution in [0, 0.1) is 11.3 Å². The van der Waals surface area contributed by atoms with Crippen LogP contribution in [0.15, 0.2) is 30.6 Å². The molecular formula is C19H20Cl2N6. The van der Waals surface area contributed by atoms with Crippen LogP contribution >= 0.6 is 23.2 Å². The van der Waals surface area contributed by atoms with Crippen molar-refractivity contribution in [1.29, 1.82) is 0 Å². The molecule has 27 heavy (non-hydrogen) atoms. The molecule has 6 nitrogen and oxygen atoms in total. The highest BCUT2D eigenvalue weighted by molar-refractivity contribution is 6.43. The number of aromatic nitrogens is 4. The van der Waals surface area contributed by atoms with E-state index in [9.17, 15) is 0 Å². The van der Waals surface area contributed by atoms with Crippen molar-refractivity contribution in [2.75, 3.05) is 24.5 Å². The number of rotatable bonds is 3. The Labute approximate surface area is 167 Å². The van der Waals surface area contributed by atoms with E-state index in [2.05, 4.69) is 15.0 Å². The van der Waals surface area contributed by atoms with Gasteiger partial charge in [0.05, 0.1) is 28.1 Å². The van der Waals surface area contributed by atoms with E-state index in [1.807, 2.05) is 18.3 Å². The van der Waals surface area contributed by atoms with Gasteiger partial charge in [0.2, 0.25) is 0 Å². The van der Waals surface area contributed by atoms with Crippen molar-refractivity contribution in [1.82, 2.24) is 19.7 Å². The van der Waals surface area contributed by atoms with Crippen LogP contribution in [0.4, 0.5) is 5.82 Å². The summed E-state index contributed by atoms with van der Waals surface area (Å²) in [5.41, 5.74) is 8.46. The number of nitrogens with two attached hydrogens (primary N) is 1. The van der Waals surface area contributed by atoms with Crippen molar-refractivity contribution in [3.8, 4) is 5.69 Å². The molecule has 3 aromatic rings. The first-order valence-corrected chi connectivity index (χ1v) is 9.97. The maximum Gasteiger partial charge on any atom is 0.181 e. The van der Waals surface area contributed by atoms with Crippen molar-refractivity contribution in [3.05, 3.63) is 40.6 Å². The van der Waals surface area contributed by atoms with E-state index in [0.29, 0.717) is 32.7 Å². The fourth-order valence-electron chi connectivity index (χ4n) is 4.35. The smallest absolute Gasteiger partial charge is 0.181 e. The van der Waals surface area contributed by atoms with Crippen LogP contribution in [-0.4, -0.2) is 39.4 Å². The van der Waals surface area contributed by atoms with Gasteiger partial charge in [-0.05, 0) is 49.3 Å². The van der Waals surface area contributed by atoms with Crippen LogP contribution in [0.3, 0.4) is 0 Å². The molecule has 1 aliphatic carbocycles. The van der Waals surface area contributed by atoms with Gasteiger partial charge in [-0.15, -0.1) is 0 Å². The summed E-state index contributed by atoms with van der Waals surface area (Å²) < 4.78 is 1.68. The maximum atomic E-state index is 6.34. The molecule has 1 unspecified atom stereocenters. The average Bonchev–Trinajstić information content (AvgIpc) is 3.20. The van der Waals surface area contributed by atoms with E-state index < -0.39 is 0 Å². The van der Waals surface area contributed by atoms with Crippen molar-refractivity contribution in [2.45, 2.75) is 19.3 Å². The Hall–Kier alpha value is -1.89. The summed E-state index contributed by atoms with van der Waals surface area (Å²) in [7, 11) is 0. The summed E-state index contributed by atoms with van der Waals surface area (Å²) in [5, 5.41) is 5.36. The third-order valence-electron chi connectivity index (χ3n) is 6.15. The molecule has 0 radical (unpaired) electrons. The standard InChI is InChI=1S/C19H20Cl2N6/c20-13-2-1-3-15(17(13)21)27-18-14(10-24-27)25-16(11-23-18)26-6-4-19(5-7-26)8-12(19)9-22/h1-3,10-12H,4-9,22H2. The largest absolute Gasteiger partial charge is 0.355 e. The SMILES string of the molecule is NCC1CC12CCN(c1cnc3c(cnn3-c3cccc(Cl)c3Cl)n1)CC2. The van der Waals surface area contributed by atoms with Gasteiger partial charge >= 0.3 is 0 Å². The average molecular weight is 403 g/mol. The second-order valence-electron chi connectivity index (χ2n) is 7.55. The molecule has 2 aliphatic rings. The number of fused-ring (bicyclic) bond motifs is 1. The molecule has 1 spiro atoms. The Morgan fingerprint density at radius 3 is 2.74 bits per heavy atom. The van der Waals surface area contributed by atoms with Crippen molar-refractivity contribution < 1.29 is 0 Å². The molecule has 8 heteroatoms. The monoisotopic (exact) mass is 402 g/mol. The quantitative estimate of drug-likeness (QED) is 0.722. The Balaban J connectivity index is 1.42. The molecule has 1 aromatic carbocycles. The molecule has 3 heterocycles. The predicted octanol–water partition coefficient (Wildman–Crippen LogP) is 3.69. The van der Waals surface area contributed by atoms with E-state index in [-0.39, 0.29) is 0 Å². The van der Waals surface area contributed by atoms with Crippen LogP contribution in [0.5, 0.6) is 0 Å². The Bertz CT molecular complexity index is 1010. The molecule has 1 atom stereocenters. The summed E-state index contributed by atoms with van der Waals surface area (Å²) >= 11 is 12.5. The molecule has 1 saturated heterocycles. The van der Waals surface area contributed by atoms with Gasteiger partial charge in [0.15, 0.2) is 5.65 Å². The Morgan fingerprint density at radius 1 is 1.19 bits per heavy atom. The van der Waals surface area contributed by atoms with Crippen molar-refractivity contribution in [2.24, 2.45) is 17.1 Å². The number of hydrogen-bond acceptors (Lipinski definition) is 5. The maximum absolute atomic E-state index is 6.34. The lowest BCUT2D eigenvalue weighted by Crippen LogP contribution is -2.36. The summed E-state index contributed by atoms with van der Waals surface area (Å²) in [6.07, 6.45) is 7.21. The highest BCUT2D eigenvalue weighted by Crippen LogP contribution is 2.58. The van der Waals surface area contributed by atoms with E-state index in [0.717, 1.165) is 31.0 Å². The second-order valence-corrected chi connectivity index (χ2v) is 8.34. The first-order chi connectivity index (χ1) is 13.1. The van der Waals surface area contributed by atoms with Gasteiger partial charge in [0, 0.05) is 13.1 Å². The third kappa shape index (κ3) is 2.78. The second kappa shape index (κ2) is 6.33. The first kappa shape index (κ1) is 17.2. The molecular weight excluding hydrogens is 383 g/mol. The van der Waals surface area contributed by atoms with Gasteiger partial charge in [-0.2, -0.15) is 5.10 Å². The van der Waals surface area contributed by atoms with Crippen molar-refractivity contribution in [3.63, 3.8) is 0 Å². The number of hydrogen-bond donors (Lipinski definition) is 1. The number of anilines is 1. The first-order valence-electron chi connectivity index (χ1n) is 9.21. The van der Waals surface area contributed by atoms with Crippen LogP contribution in [0.25, 0.3) is 16.9 Å². The lowest BCUT2D eigenvalue weighted by atomic mass is 9.91. The number of piperidine rings is 1. The summed E-state index contributed by atoms with van der Waals surface area (Å²) in [6, 6.07) is 5.46. The third-order valence-corrected chi connectivity index (χ3v) is 6.96. The zero-order valence-electron chi connectivity index (χ0n) is 14.8. The minimum Gasteiger partial charge on any atom is -0.355 e. The van der Waals surface area contributed by atoms with Crippen LogP contribution in [-0.2, 0) is 0 Å². The summed E-state index contributed by atoms with van der Waals surface area (Å²) in [4.78, 5) is 11.7. The van der Waals surface area contributed by atoms with Gasteiger partial charge in [-0.1, -0.05) is 29.3 Å². The van der Waals surface area contributed by atoms with Crippen LogP contribution in [0.2, 0.25) is 10.0 Å². The molecule has 0 bridgehead atoms. The molecule has 0 amide bonds. The fourth-order valence-corrected chi connectivity index (χ4v) is 4.72. The molecule has 140 valence electrons. The zero-order valence-corrected chi connectivity index (χ0v) is 16.3. The number of nitrogens with zero attached hydrogens (tertiary/aromatic N) is 5. The van der Waals surface area contributed by atoms with E-state index in [4.69, 9.17) is 33.9 Å². The molecule has 2 N–H and O–H groups in total.